The molecule has 0 fully saturated rings. The molecule has 2 rings (SSSR count). The van der Waals surface area contributed by atoms with Crippen molar-refractivity contribution in [3.05, 3.63) is 50.9 Å². The third-order valence-electron chi connectivity index (χ3n) is 3.40. The second-order valence-corrected chi connectivity index (χ2v) is 6.83. The fourth-order valence-corrected chi connectivity index (χ4v) is 3.36. The van der Waals surface area contributed by atoms with Gasteiger partial charge in [0.05, 0.1) is 5.01 Å². The molecule has 1 aromatic heterocycles. The lowest BCUT2D eigenvalue weighted by Crippen LogP contribution is -2.39. The Morgan fingerprint density at radius 2 is 2.26 bits per heavy atom. The van der Waals surface area contributed by atoms with E-state index in [1.54, 1.807) is 18.4 Å². The molecule has 0 bridgehead atoms. The van der Waals surface area contributed by atoms with Gasteiger partial charge in [-0.05, 0) is 31.0 Å². The zero-order chi connectivity index (χ0) is 16.7. The van der Waals surface area contributed by atoms with E-state index < -0.39 is 0 Å². The Bertz CT molecular complexity index is 654. The van der Waals surface area contributed by atoms with Crippen molar-refractivity contribution in [1.82, 2.24) is 15.2 Å². The number of thiazole rings is 1. The predicted octanol–water partition coefficient (Wildman–Crippen LogP) is 3.74. The molecule has 0 aliphatic carbocycles. The number of rotatable bonds is 6. The maximum Gasteiger partial charge on any atom is 0.193 e. The van der Waals surface area contributed by atoms with Gasteiger partial charge in [0.25, 0.3) is 0 Å². The van der Waals surface area contributed by atoms with Crippen LogP contribution in [-0.2, 0) is 13.0 Å². The molecule has 0 spiro atoms. The third kappa shape index (κ3) is 5.84. The van der Waals surface area contributed by atoms with E-state index in [0.29, 0.717) is 0 Å². The number of hydrogen-bond acceptors (Lipinski definition) is 3. The van der Waals surface area contributed by atoms with Crippen LogP contribution in [0.2, 0.25) is 5.02 Å². The number of nitrogens with zero attached hydrogens (tertiary/aromatic N) is 3. The van der Waals surface area contributed by atoms with Gasteiger partial charge in [-0.15, -0.1) is 11.3 Å². The summed E-state index contributed by atoms with van der Waals surface area (Å²) < 4.78 is 0. The number of nitrogens with one attached hydrogen (secondary N) is 1. The Morgan fingerprint density at radius 3 is 2.91 bits per heavy atom. The summed E-state index contributed by atoms with van der Waals surface area (Å²) in [5.74, 6) is 0.889. The van der Waals surface area contributed by atoms with Crippen molar-refractivity contribution < 1.29 is 0 Å². The molecule has 2 aromatic rings. The highest BCUT2D eigenvalue weighted by atomic mass is 35.5. The molecule has 124 valence electrons. The Labute approximate surface area is 147 Å². The maximum atomic E-state index is 6.03. The fourth-order valence-electron chi connectivity index (χ4n) is 2.33. The lowest BCUT2D eigenvalue weighted by Gasteiger charge is -2.22. The molecule has 0 saturated heterocycles. The number of aliphatic imine (C=N–C) groups is 1. The van der Waals surface area contributed by atoms with Crippen LogP contribution in [0.1, 0.15) is 22.7 Å². The van der Waals surface area contributed by atoms with Crippen LogP contribution in [-0.4, -0.2) is 36.5 Å². The standard InChI is InChI=1S/C17H23ClN4S/c1-13-12-23-16(21-13)8-5-9-20-17(19-2)22(3)11-14-6-4-7-15(18)10-14/h4,6-7,10,12H,5,8-9,11H2,1-3H3,(H,19,20). The number of aryl methyl sites for hydroxylation is 2. The number of aromatic nitrogens is 1. The van der Waals surface area contributed by atoms with Gasteiger partial charge < -0.3 is 10.2 Å². The van der Waals surface area contributed by atoms with Crippen LogP contribution in [0.4, 0.5) is 0 Å². The van der Waals surface area contributed by atoms with Crippen LogP contribution in [0.5, 0.6) is 0 Å². The van der Waals surface area contributed by atoms with Crippen LogP contribution in [0.25, 0.3) is 0 Å². The summed E-state index contributed by atoms with van der Waals surface area (Å²) >= 11 is 7.77. The number of benzene rings is 1. The van der Waals surface area contributed by atoms with E-state index in [1.807, 2.05) is 32.2 Å². The van der Waals surface area contributed by atoms with E-state index in [1.165, 1.54) is 10.6 Å². The second-order valence-electron chi connectivity index (χ2n) is 5.45. The summed E-state index contributed by atoms with van der Waals surface area (Å²) in [6, 6.07) is 7.91. The normalized spacial score (nSPS) is 11.6. The Balaban J connectivity index is 1.77. The monoisotopic (exact) mass is 350 g/mol. The summed E-state index contributed by atoms with van der Waals surface area (Å²) in [5, 5.41) is 7.46. The number of halogens is 1. The lowest BCUT2D eigenvalue weighted by atomic mass is 10.2. The molecule has 0 amide bonds. The van der Waals surface area contributed by atoms with Crippen molar-refractivity contribution in [2.45, 2.75) is 26.3 Å². The first-order chi connectivity index (χ1) is 11.1. The Kier molecular flexibility index (Phi) is 6.86. The fraction of sp³-hybridized carbons (Fsp3) is 0.412. The van der Waals surface area contributed by atoms with E-state index in [4.69, 9.17) is 11.6 Å². The van der Waals surface area contributed by atoms with Crippen LogP contribution in [0.3, 0.4) is 0 Å². The van der Waals surface area contributed by atoms with Crippen molar-refractivity contribution in [2.24, 2.45) is 4.99 Å². The summed E-state index contributed by atoms with van der Waals surface area (Å²) in [4.78, 5) is 10.9. The van der Waals surface area contributed by atoms with Crippen LogP contribution in [0.15, 0.2) is 34.6 Å². The zero-order valence-electron chi connectivity index (χ0n) is 13.8. The van der Waals surface area contributed by atoms with Crippen LogP contribution < -0.4 is 5.32 Å². The zero-order valence-corrected chi connectivity index (χ0v) is 15.4. The maximum absolute atomic E-state index is 6.03. The molecule has 4 nitrogen and oxygen atoms in total. The molecule has 0 atom stereocenters. The topological polar surface area (TPSA) is 40.5 Å². The molecule has 0 saturated carbocycles. The molecule has 0 aliphatic heterocycles. The summed E-state index contributed by atoms with van der Waals surface area (Å²) in [7, 11) is 3.83. The van der Waals surface area contributed by atoms with Gasteiger partial charge in [0.1, 0.15) is 0 Å². The van der Waals surface area contributed by atoms with Gasteiger partial charge in [0.15, 0.2) is 5.96 Å². The second kappa shape index (κ2) is 8.89. The van der Waals surface area contributed by atoms with Gasteiger partial charge in [-0.25, -0.2) is 4.98 Å². The quantitative estimate of drug-likeness (QED) is 0.490. The minimum atomic E-state index is 0.762. The predicted molar refractivity (Wildman–Crippen MR) is 99.5 cm³/mol. The van der Waals surface area contributed by atoms with E-state index in [2.05, 4.69) is 31.6 Å². The van der Waals surface area contributed by atoms with Crippen molar-refractivity contribution in [2.75, 3.05) is 20.6 Å². The molecule has 1 N–H and O–H groups in total. The van der Waals surface area contributed by atoms with Gasteiger partial charge in [0.2, 0.25) is 0 Å². The summed E-state index contributed by atoms with van der Waals surface area (Å²) in [5.41, 5.74) is 2.27. The van der Waals surface area contributed by atoms with E-state index in [0.717, 1.165) is 42.6 Å². The van der Waals surface area contributed by atoms with E-state index in [9.17, 15) is 0 Å². The average Bonchev–Trinajstić information content (AvgIpc) is 2.92. The van der Waals surface area contributed by atoms with Gasteiger partial charge in [-0.2, -0.15) is 0 Å². The van der Waals surface area contributed by atoms with Gasteiger partial charge in [-0.3, -0.25) is 4.99 Å². The van der Waals surface area contributed by atoms with Gasteiger partial charge in [0, 0.05) is 49.7 Å². The lowest BCUT2D eigenvalue weighted by molar-refractivity contribution is 0.476. The molecular weight excluding hydrogens is 328 g/mol. The molecule has 6 heteroatoms. The highest BCUT2D eigenvalue weighted by Gasteiger charge is 2.07. The van der Waals surface area contributed by atoms with Crippen LogP contribution >= 0.6 is 22.9 Å². The minimum absolute atomic E-state index is 0.762. The van der Waals surface area contributed by atoms with Crippen molar-refractivity contribution >= 4 is 28.9 Å². The number of guanidine groups is 1. The van der Waals surface area contributed by atoms with Crippen molar-refractivity contribution in [3.63, 3.8) is 0 Å². The largest absolute Gasteiger partial charge is 0.356 e. The first-order valence-electron chi connectivity index (χ1n) is 7.65. The Hall–Kier alpha value is -1.59. The molecule has 0 radical (unpaired) electrons. The molecule has 0 unspecified atom stereocenters. The summed E-state index contributed by atoms with van der Waals surface area (Å²) in [6.45, 7) is 3.68. The number of hydrogen-bond donors (Lipinski definition) is 1. The third-order valence-corrected chi connectivity index (χ3v) is 4.66. The van der Waals surface area contributed by atoms with Crippen molar-refractivity contribution in [3.8, 4) is 0 Å². The highest BCUT2D eigenvalue weighted by molar-refractivity contribution is 7.09. The average molecular weight is 351 g/mol. The SMILES string of the molecule is CN=C(NCCCc1nc(C)cs1)N(C)Cc1cccc(Cl)c1. The highest BCUT2D eigenvalue weighted by Crippen LogP contribution is 2.12. The van der Waals surface area contributed by atoms with E-state index in [-0.39, 0.29) is 0 Å². The first kappa shape index (κ1) is 17.8. The van der Waals surface area contributed by atoms with Gasteiger partial charge >= 0.3 is 0 Å². The molecule has 1 aromatic carbocycles. The summed E-state index contributed by atoms with van der Waals surface area (Å²) in [6.07, 6.45) is 2.04. The minimum Gasteiger partial charge on any atom is -0.356 e. The molecule has 0 aliphatic rings. The van der Waals surface area contributed by atoms with Crippen molar-refractivity contribution in [1.29, 1.82) is 0 Å². The Morgan fingerprint density at radius 1 is 1.43 bits per heavy atom. The van der Waals surface area contributed by atoms with Gasteiger partial charge in [-0.1, -0.05) is 23.7 Å². The molecular formula is C17H23ClN4S. The molecule has 1 heterocycles. The van der Waals surface area contributed by atoms with Crippen LogP contribution in [0, 0.1) is 6.92 Å². The smallest absolute Gasteiger partial charge is 0.193 e. The first-order valence-corrected chi connectivity index (χ1v) is 8.91. The molecule has 23 heavy (non-hydrogen) atoms. The van der Waals surface area contributed by atoms with E-state index >= 15 is 0 Å².